The predicted octanol–water partition coefficient (Wildman–Crippen LogP) is 5.40. The molecule has 2 heterocycles. The average Bonchev–Trinajstić information content (AvgIpc) is 3.05. The van der Waals surface area contributed by atoms with E-state index in [1.807, 2.05) is 30.5 Å². The van der Waals surface area contributed by atoms with Crippen LogP contribution < -0.4 is 0 Å². The van der Waals surface area contributed by atoms with Crippen molar-refractivity contribution in [2.24, 2.45) is 0 Å². The van der Waals surface area contributed by atoms with Crippen LogP contribution in [-0.2, 0) is 22.2 Å². The first-order chi connectivity index (χ1) is 13.7. The maximum absolute atomic E-state index is 13.3. The summed E-state index contributed by atoms with van der Waals surface area (Å²) in [4.78, 5) is 9.86. The second-order valence-electron chi connectivity index (χ2n) is 6.42. The molecule has 4 nitrogen and oxygen atoms in total. The second-order valence-corrected chi connectivity index (χ2v) is 7.20. The van der Waals surface area contributed by atoms with Gasteiger partial charge in [-0.15, -0.1) is 0 Å². The minimum atomic E-state index is -0.225. The van der Waals surface area contributed by atoms with E-state index in [9.17, 15) is 4.39 Å². The van der Waals surface area contributed by atoms with E-state index in [0.29, 0.717) is 6.54 Å². The summed E-state index contributed by atoms with van der Waals surface area (Å²) < 4.78 is 20.5. The summed E-state index contributed by atoms with van der Waals surface area (Å²) in [6.45, 7) is 0.667. The van der Waals surface area contributed by atoms with Crippen molar-refractivity contribution in [3.05, 3.63) is 95.7 Å². The van der Waals surface area contributed by atoms with Gasteiger partial charge in [0.25, 0.3) is 0 Å². The van der Waals surface area contributed by atoms with Crippen LogP contribution in [0.4, 0.5) is 4.39 Å². The number of fused-ring (bicyclic) bond motifs is 1. The first-order valence-electron chi connectivity index (χ1n) is 8.86. The molecule has 0 aliphatic carbocycles. The van der Waals surface area contributed by atoms with Gasteiger partial charge in [-0.2, -0.15) is 4.33 Å². The van der Waals surface area contributed by atoms with Crippen LogP contribution in [0.1, 0.15) is 16.8 Å². The van der Waals surface area contributed by atoms with Gasteiger partial charge in [-0.1, -0.05) is 18.2 Å². The first-order valence-corrected chi connectivity index (χ1v) is 9.60. The lowest BCUT2D eigenvalue weighted by atomic mass is 10.1. The molecule has 0 radical (unpaired) electrons. The molecule has 0 spiro atoms. The maximum atomic E-state index is 13.3. The van der Waals surface area contributed by atoms with Crippen molar-refractivity contribution in [3.8, 4) is 0 Å². The van der Waals surface area contributed by atoms with Gasteiger partial charge in [0.05, 0.1) is 19.2 Å². The van der Waals surface area contributed by atoms with E-state index in [2.05, 4.69) is 38.7 Å². The van der Waals surface area contributed by atoms with E-state index < -0.39 is 0 Å². The van der Waals surface area contributed by atoms with Gasteiger partial charge in [0.2, 0.25) is 0 Å². The third-order valence-corrected chi connectivity index (χ3v) is 5.17. The first kappa shape index (κ1) is 18.7. The van der Waals surface area contributed by atoms with Gasteiger partial charge >= 0.3 is 0 Å². The van der Waals surface area contributed by atoms with E-state index in [-0.39, 0.29) is 5.82 Å². The molecule has 0 amide bonds. The Morgan fingerprint density at radius 1 is 1.04 bits per heavy atom. The van der Waals surface area contributed by atoms with Gasteiger partial charge < -0.3 is 4.57 Å². The van der Waals surface area contributed by atoms with Gasteiger partial charge in [-0.3, -0.25) is 4.98 Å². The van der Waals surface area contributed by atoms with Crippen molar-refractivity contribution >= 4 is 22.9 Å². The van der Waals surface area contributed by atoms with E-state index >= 15 is 0 Å². The molecule has 0 saturated heterocycles. The Labute approximate surface area is 167 Å². The summed E-state index contributed by atoms with van der Waals surface area (Å²) in [5, 5.41) is 1.12. The predicted molar refractivity (Wildman–Crippen MR) is 108 cm³/mol. The number of aromatic nitrogens is 2. The van der Waals surface area contributed by atoms with Gasteiger partial charge in [-0.05, 0) is 53.6 Å². The topological polar surface area (TPSA) is 36.3 Å². The third kappa shape index (κ3) is 4.25. The zero-order valence-corrected chi connectivity index (χ0v) is 16.2. The Hall–Kier alpha value is -2.67. The molecule has 0 aliphatic rings. The fraction of sp³-hybridized carbons (Fsp3) is 0.136. The van der Waals surface area contributed by atoms with Crippen LogP contribution >= 0.6 is 12.0 Å². The lowest BCUT2D eigenvalue weighted by Crippen LogP contribution is -2.05. The molecule has 0 bridgehead atoms. The van der Waals surface area contributed by atoms with Crippen molar-refractivity contribution in [2.75, 3.05) is 7.11 Å². The molecule has 0 N–H and O–H groups in total. The molecule has 142 valence electrons. The highest BCUT2D eigenvalue weighted by Crippen LogP contribution is 2.28. The van der Waals surface area contributed by atoms with Crippen LogP contribution in [-0.4, -0.2) is 16.7 Å². The van der Waals surface area contributed by atoms with Crippen LogP contribution in [0.15, 0.2) is 78.0 Å². The van der Waals surface area contributed by atoms with Gasteiger partial charge in [0.1, 0.15) is 5.82 Å². The largest absolute Gasteiger partial charge is 0.340 e. The van der Waals surface area contributed by atoms with Crippen LogP contribution in [0, 0.1) is 5.82 Å². The number of halogens is 1. The number of benzene rings is 2. The van der Waals surface area contributed by atoms with Crippen molar-refractivity contribution in [3.63, 3.8) is 0 Å². The van der Waals surface area contributed by atoms with E-state index in [0.717, 1.165) is 33.3 Å². The molecule has 0 fully saturated rings. The van der Waals surface area contributed by atoms with Gasteiger partial charge in [0.15, 0.2) is 0 Å². The molecule has 0 saturated carbocycles. The Morgan fingerprint density at radius 3 is 2.64 bits per heavy atom. The van der Waals surface area contributed by atoms with E-state index in [1.165, 1.54) is 37.0 Å². The van der Waals surface area contributed by atoms with Gasteiger partial charge in [0, 0.05) is 46.9 Å². The van der Waals surface area contributed by atoms with E-state index in [4.69, 9.17) is 4.33 Å². The minimum Gasteiger partial charge on any atom is -0.340 e. The van der Waals surface area contributed by atoms with Gasteiger partial charge in [-0.25, -0.2) is 9.28 Å². The van der Waals surface area contributed by atoms with Crippen LogP contribution in [0.3, 0.4) is 0 Å². The molecule has 6 heteroatoms. The fourth-order valence-corrected chi connectivity index (χ4v) is 3.69. The summed E-state index contributed by atoms with van der Waals surface area (Å²) in [6.07, 6.45) is 4.42. The molecule has 0 unspecified atom stereocenters. The molecule has 4 aromatic rings. The Morgan fingerprint density at radius 2 is 1.89 bits per heavy atom. The monoisotopic (exact) mass is 394 g/mol. The molecule has 2 aromatic heterocycles. The summed E-state index contributed by atoms with van der Waals surface area (Å²) in [7, 11) is 1.48. The standard InChI is InChI=1S/C22H19FN2O2S/c1-26-27-28-21-8-9-22-18(13-21)12-20(11-17-3-2-10-24-14-17)25(22)15-16-4-6-19(23)7-5-16/h2-10,12-14H,11,15H2,1H3. The number of rotatable bonds is 7. The fourth-order valence-electron chi connectivity index (χ4n) is 3.25. The average molecular weight is 394 g/mol. The third-order valence-electron chi connectivity index (χ3n) is 4.52. The highest BCUT2D eigenvalue weighted by molar-refractivity contribution is 7.94. The highest BCUT2D eigenvalue weighted by atomic mass is 32.2. The van der Waals surface area contributed by atoms with Crippen molar-refractivity contribution < 1.29 is 13.6 Å². The number of hydrogen-bond donors (Lipinski definition) is 0. The zero-order valence-electron chi connectivity index (χ0n) is 15.3. The zero-order chi connectivity index (χ0) is 19.3. The smallest absolute Gasteiger partial charge is 0.123 e. The maximum Gasteiger partial charge on any atom is 0.123 e. The quantitative estimate of drug-likeness (QED) is 0.239. The Kier molecular flexibility index (Phi) is 5.71. The normalized spacial score (nSPS) is 11.2. The molecule has 28 heavy (non-hydrogen) atoms. The number of nitrogens with zero attached hydrogens (tertiary/aromatic N) is 2. The summed E-state index contributed by atoms with van der Waals surface area (Å²) in [6, 6.07) is 19.0. The van der Waals surface area contributed by atoms with Crippen molar-refractivity contribution in [1.82, 2.24) is 9.55 Å². The molecule has 0 aliphatic heterocycles. The lowest BCUT2D eigenvalue weighted by molar-refractivity contribution is -0.160. The lowest BCUT2D eigenvalue weighted by Gasteiger charge is -2.11. The Bertz CT molecular complexity index is 1070. The second kappa shape index (κ2) is 8.56. The minimum absolute atomic E-state index is 0.225. The summed E-state index contributed by atoms with van der Waals surface area (Å²) in [5.74, 6) is -0.225. The van der Waals surface area contributed by atoms with Crippen molar-refractivity contribution in [1.29, 1.82) is 0 Å². The molecular weight excluding hydrogens is 375 g/mol. The SMILES string of the molecule is COOSc1ccc2c(c1)cc(Cc1cccnc1)n2Cc1ccc(F)cc1. The van der Waals surface area contributed by atoms with Crippen LogP contribution in [0.25, 0.3) is 10.9 Å². The molecule has 4 rings (SSSR count). The highest BCUT2D eigenvalue weighted by Gasteiger charge is 2.12. The summed E-state index contributed by atoms with van der Waals surface area (Å²) in [5.41, 5.74) is 4.47. The Balaban J connectivity index is 1.74. The summed E-state index contributed by atoms with van der Waals surface area (Å²) >= 11 is 1.18. The van der Waals surface area contributed by atoms with Crippen LogP contribution in [0.5, 0.6) is 0 Å². The number of pyridine rings is 1. The van der Waals surface area contributed by atoms with Crippen molar-refractivity contribution in [2.45, 2.75) is 17.9 Å². The number of hydrogen-bond acceptors (Lipinski definition) is 4. The molecular formula is C22H19FN2O2S. The molecule has 0 atom stereocenters. The van der Waals surface area contributed by atoms with Crippen LogP contribution in [0.2, 0.25) is 0 Å². The van der Waals surface area contributed by atoms with E-state index in [1.54, 1.807) is 6.20 Å². The molecule has 2 aromatic carbocycles.